The van der Waals surface area contributed by atoms with E-state index in [1.54, 1.807) is 48.5 Å². The standard InChI is InChI=1S/C20H19NO6S/c1-13(21-27-14(2)23)19(24)15-7-9-16(10-8-15)28-18-6-4-3-5-17(18)20(25)26-12-11-22/h3-10,22H,11-12H2,1-2H3/b21-13+. The second-order valence-corrected chi connectivity index (χ2v) is 6.69. The second-order valence-electron chi connectivity index (χ2n) is 5.57. The minimum atomic E-state index is -0.602. The average molecular weight is 401 g/mol. The fourth-order valence-electron chi connectivity index (χ4n) is 2.12. The van der Waals surface area contributed by atoms with Crippen LogP contribution < -0.4 is 0 Å². The lowest BCUT2D eigenvalue weighted by molar-refractivity contribution is -0.140. The molecule has 0 aliphatic rings. The Kier molecular flexibility index (Phi) is 7.91. The molecule has 1 N–H and O–H groups in total. The van der Waals surface area contributed by atoms with Gasteiger partial charge in [-0.3, -0.25) is 4.79 Å². The van der Waals surface area contributed by atoms with Gasteiger partial charge in [-0.2, -0.15) is 0 Å². The smallest absolute Gasteiger partial charge is 0.339 e. The molecule has 146 valence electrons. The number of aliphatic hydroxyl groups excluding tert-OH is 1. The molecule has 0 amide bonds. The third-order valence-corrected chi connectivity index (χ3v) is 4.50. The molecule has 28 heavy (non-hydrogen) atoms. The lowest BCUT2D eigenvalue weighted by Gasteiger charge is -2.09. The van der Waals surface area contributed by atoms with Crippen molar-refractivity contribution < 1.29 is 29.1 Å². The number of hydrogen-bond acceptors (Lipinski definition) is 8. The van der Waals surface area contributed by atoms with Crippen molar-refractivity contribution in [3.8, 4) is 0 Å². The third-order valence-electron chi connectivity index (χ3n) is 3.42. The van der Waals surface area contributed by atoms with Crippen LogP contribution in [0.3, 0.4) is 0 Å². The molecule has 2 aromatic rings. The van der Waals surface area contributed by atoms with E-state index < -0.39 is 11.9 Å². The number of nitrogens with zero attached hydrogens (tertiary/aromatic N) is 1. The number of benzene rings is 2. The third kappa shape index (κ3) is 6.04. The van der Waals surface area contributed by atoms with Gasteiger partial charge in [-0.15, -0.1) is 0 Å². The molecule has 0 fully saturated rings. The number of aliphatic hydroxyl groups is 1. The van der Waals surface area contributed by atoms with Crippen molar-refractivity contribution >= 4 is 35.2 Å². The van der Waals surface area contributed by atoms with Crippen molar-refractivity contribution in [2.45, 2.75) is 23.6 Å². The first kappa shape index (κ1) is 21.3. The molecule has 2 rings (SSSR count). The largest absolute Gasteiger partial charge is 0.460 e. The highest BCUT2D eigenvalue weighted by Gasteiger charge is 2.14. The molecular formula is C20H19NO6S. The minimum Gasteiger partial charge on any atom is -0.460 e. The SMILES string of the molecule is CC(=O)O/N=C(\C)C(=O)c1ccc(Sc2ccccc2C(=O)OCCO)cc1. The summed E-state index contributed by atoms with van der Waals surface area (Å²) in [5, 5.41) is 12.3. The average Bonchev–Trinajstić information content (AvgIpc) is 2.70. The molecule has 0 aromatic heterocycles. The van der Waals surface area contributed by atoms with Gasteiger partial charge in [0.2, 0.25) is 5.78 Å². The number of carbonyl (C=O) groups is 3. The van der Waals surface area contributed by atoms with Crippen LogP contribution in [-0.4, -0.2) is 41.8 Å². The molecule has 0 bridgehead atoms. The van der Waals surface area contributed by atoms with E-state index in [2.05, 4.69) is 9.99 Å². The number of esters is 1. The monoisotopic (exact) mass is 401 g/mol. The maximum absolute atomic E-state index is 12.3. The maximum Gasteiger partial charge on any atom is 0.339 e. The Hall–Kier alpha value is -2.97. The predicted octanol–water partition coefficient (Wildman–Crippen LogP) is 3.11. The highest BCUT2D eigenvalue weighted by Crippen LogP contribution is 2.31. The van der Waals surface area contributed by atoms with Crippen LogP contribution in [0.2, 0.25) is 0 Å². The van der Waals surface area contributed by atoms with Crippen molar-refractivity contribution in [1.82, 2.24) is 0 Å². The zero-order valence-electron chi connectivity index (χ0n) is 15.4. The number of ether oxygens (including phenoxy) is 1. The molecular weight excluding hydrogens is 382 g/mol. The van der Waals surface area contributed by atoms with Crippen LogP contribution in [0.4, 0.5) is 0 Å². The number of hydrogen-bond donors (Lipinski definition) is 1. The van der Waals surface area contributed by atoms with E-state index in [1.165, 1.54) is 25.6 Å². The molecule has 0 aliphatic heterocycles. The molecule has 0 saturated heterocycles. The first-order valence-electron chi connectivity index (χ1n) is 8.34. The summed E-state index contributed by atoms with van der Waals surface area (Å²) in [5.41, 5.74) is 0.853. The van der Waals surface area contributed by atoms with Gasteiger partial charge in [0.1, 0.15) is 12.3 Å². The molecule has 0 saturated carbocycles. The predicted molar refractivity (Wildman–Crippen MR) is 104 cm³/mol. The van der Waals surface area contributed by atoms with Gasteiger partial charge in [-0.05, 0) is 43.3 Å². The van der Waals surface area contributed by atoms with Crippen LogP contribution in [0.1, 0.15) is 34.6 Å². The molecule has 0 radical (unpaired) electrons. The van der Waals surface area contributed by atoms with E-state index >= 15 is 0 Å². The quantitative estimate of drug-likeness (QED) is 0.238. The number of Topliss-reactive ketones (excluding diaryl/α,β-unsaturated/α-hetero) is 1. The summed E-state index contributed by atoms with van der Waals surface area (Å²) in [5.74, 6) is -1.47. The van der Waals surface area contributed by atoms with Gasteiger partial charge >= 0.3 is 11.9 Å². The summed E-state index contributed by atoms with van der Waals surface area (Å²) in [4.78, 5) is 41.1. The Morgan fingerprint density at radius 2 is 1.71 bits per heavy atom. The van der Waals surface area contributed by atoms with Gasteiger partial charge < -0.3 is 14.7 Å². The zero-order chi connectivity index (χ0) is 20.5. The highest BCUT2D eigenvalue weighted by atomic mass is 32.2. The van der Waals surface area contributed by atoms with Crippen LogP contribution in [0, 0.1) is 0 Å². The van der Waals surface area contributed by atoms with Gasteiger partial charge in [0.05, 0.1) is 12.2 Å². The second kappa shape index (κ2) is 10.4. The van der Waals surface area contributed by atoms with Crippen LogP contribution >= 0.6 is 11.8 Å². The summed E-state index contributed by atoms with van der Waals surface area (Å²) < 4.78 is 4.98. The van der Waals surface area contributed by atoms with Crippen LogP contribution in [0.5, 0.6) is 0 Å². The Bertz CT molecular complexity index is 892. The number of carbonyl (C=O) groups excluding carboxylic acids is 3. The fraction of sp³-hybridized carbons (Fsp3) is 0.200. The maximum atomic E-state index is 12.3. The van der Waals surface area contributed by atoms with Crippen LogP contribution in [0.25, 0.3) is 0 Å². The van der Waals surface area contributed by atoms with Crippen LogP contribution in [0.15, 0.2) is 63.5 Å². The van der Waals surface area contributed by atoms with E-state index in [0.29, 0.717) is 16.0 Å². The van der Waals surface area contributed by atoms with E-state index in [4.69, 9.17) is 9.84 Å². The normalized spacial score (nSPS) is 11.0. The van der Waals surface area contributed by atoms with Gasteiger partial charge in [0, 0.05) is 22.3 Å². The van der Waals surface area contributed by atoms with Crippen molar-refractivity contribution in [2.75, 3.05) is 13.2 Å². The summed E-state index contributed by atoms with van der Waals surface area (Å²) in [6.07, 6.45) is 0. The Morgan fingerprint density at radius 1 is 1.04 bits per heavy atom. The highest BCUT2D eigenvalue weighted by molar-refractivity contribution is 7.99. The van der Waals surface area contributed by atoms with Gasteiger partial charge in [-0.1, -0.05) is 29.1 Å². The molecule has 8 heteroatoms. The summed E-state index contributed by atoms with van der Waals surface area (Å²) in [7, 11) is 0. The Labute approximate surface area is 166 Å². The molecule has 0 atom stereocenters. The number of oxime groups is 1. The van der Waals surface area contributed by atoms with E-state index in [-0.39, 0.29) is 24.7 Å². The molecule has 2 aromatic carbocycles. The minimum absolute atomic E-state index is 0.0626. The molecule has 0 unspecified atom stereocenters. The number of ketones is 1. The lowest BCUT2D eigenvalue weighted by atomic mass is 10.1. The van der Waals surface area contributed by atoms with Gasteiger partial charge in [0.25, 0.3) is 0 Å². The summed E-state index contributed by atoms with van der Waals surface area (Å²) in [6, 6.07) is 13.7. The summed E-state index contributed by atoms with van der Waals surface area (Å²) >= 11 is 1.34. The Balaban J connectivity index is 2.13. The van der Waals surface area contributed by atoms with Crippen molar-refractivity contribution in [2.24, 2.45) is 5.16 Å². The van der Waals surface area contributed by atoms with Crippen molar-refractivity contribution in [3.05, 3.63) is 59.7 Å². The zero-order valence-corrected chi connectivity index (χ0v) is 16.2. The van der Waals surface area contributed by atoms with E-state index in [0.717, 1.165) is 4.90 Å². The summed E-state index contributed by atoms with van der Waals surface area (Å²) in [6.45, 7) is 2.35. The van der Waals surface area contributed by atoms with E-state index in [1.807, 2.05) is 0 Å². The first-order valence-corrected chi connectivity index (χ1v) is 9.16. The molecule has 0 heterocycles. The molecule has 7 nitrogen and oxygen atoms in total. The topological polar surface area (TPSA) is 102 Å². The lowest BCUT2D eigenvalue weighted by Crippen LogP contribution is -2.11. The fourth-order valence-corrected chi connectivity index (χ4v) is 3.06. The van der Waals surface area contributed by atoms with Crippen molar-refractivity contribution in [1.29, 1.82) is 0 Å². The van der Waals surface area contributed by atoms with Gasteiger partial charge in [-0.25, -0.2) is 9.59 Å². The Morgan fingerprint density at radius 3 is 2.36 bits per heavy atom. The van der Waals surface area contributed by atoms with Gasteiger partial charge in [0.15, 0.2) is 0 Å². The number of rotatable bonds is 8. The van der Waals surface area contributed by atoms with Crippen molar-refractivity contribution in [3.63, 3.8) is 0 Å². The molecule has 0 spiro atoms. The first-order chi connectivity index (χ1) is 13.4. The van der Waals surface area contributed by atoms with Crippen LogP contribution in [-0.2, 0) is 14.4 Å². The van der Waals surface area contributed by atoms with E-state index in [9.17, 15) is 14.4 Å². The molecule has 0 aliphatic carbocycles.